The first-order valence-electron chi connectivity index (χ1n) is 6.43. The van der Waals surface area contributed by atoms with Crippen LogP contribution in [0, 0.1) is 0 Å². The Morgan fingerprint density at radius 3 is 3.10 bits per heavy atom. The minimum Gasteiger partial charge on any atom is -0.384 e. The Balaban J connectivity index is 1.83. The third-order valence-corrected chi connectivity index (χ3v) is 3.63. The third-order valence-electron chi connectivity index (χ3n) is 2.91. The van der Waals surface area contributed by atoms with Crippen molar-refractivity contribution in [3.63, 3.8) is 0 Å². The van der Waals surface area contributed by atoms with E-state index in [1.165, 1.54) is 0 Å². The number of hydrogen-bond acceptors (Lipinski definition) is 4. The zero-order valence-corrected chi connectivity index (χ0v) is 12.9. The number of para-hydroxylation sites is 1. The van der Waals surface area contributed by atoms with Gasteiger partial charge in [-0.3, -0.25) is 4.79 Å². The fourth-order valence-corrected chi connectivity index (χ4v) is 2.41. The lowest BCUT2D eigenvalue weighted by Gasteiger charge is -2.09. The number of benzene rings is 1. The standard InChI is InChI=1S/C14H17BrN2O3/c1-19-9-10(15)6-7-16-14(18)8-12-11-4-2-3-5-13(11)20-17-12/h2-5,10H,6-9H2,1H3,(H,16,18). The molecule has 1 aromatic carbocycles. The molecule has 0 fully saturated rings. The number of rotatable bonds is 7. The Morgan fingerprint density at radius 2 is 2.30 bits per heavy atom. The summed E-state index contributed by atoms with van der Waals surface area (Å²) in [7, 11) is 1.66. The highest BCUT2D eigenvalue weighted by atomic mass is 79.9. The van der Waals surface area contributed by atoms with Crippen LogP contribution < -0.4 is 5.32 Å². The number of methoxy groups -OCH3 is 1. The summed E-state index contributed by atoms with van der Waals surface area (Å²) in [6, 6.07) is 7.52. The van der Waals surface area contributed by atoms with E-state index in [4.69, 9.17) is 9.26 Å². The number of hydrogen-bond donors (Lipinski definition) is 1. The molecule has 1 unspecified atom stereocenters. The molecule has 0 saturated carbocycles. The van der Waals surface area contributed by atoms with Gasteiger partial charge in [0, 0.05) is 23.9 Å². The van der Waals surface area contributed by atoms with Gasteiger partial charge < -0.3 is 14.6 Å². The smallest absolute Gasteiger partial charge is 0.226 e. The highest BCUT2D eigenvalue weighted by molar-refractivity contribution is 9.09. The first kappa shape index (κ1) is 15.0. The van der Waals surface area contributed by atoms with Crippen LogP contribution in [0.25, 0.3) is 11.0 Å². The molecule has 0 aliphatic carbocycles. The molecule has 2 rings (SSSR count). The number of alkyl halides is 1. The Labute approximate surface area is 125 Å². The number of ether oxygens (including phenoxy) is 1. The second kappa shape index (κ2) is 7.40. The van der Waals surface area contributed by atoms with Crippen LogP contribution in [0.3, 0.4) is 0 Å². The maximum atomic E-state index is 11.9. The molecule has 1 aromatic heterocycles. The van der Waals surface area contributed by atoms with Crippen LogP contribution in [0.15, 0.2) is 28.8 Å². The Kier molecular flexibility index (Phi) is 5.55. The molecular formula is C14H17BrN2O3. The molecule has 0 bridgehead atoms. The maximum Gasteiger partial charge on any atom is 0.226 e. The first-order valence-corrected chi connectivity index (χ1v) is 7.35. The van der Waals surface area contributed by atoms with Gasteiger partial charge in [0.1, 0.15) is 5.69 Å². The number of aromatic nitrogens is 1. The van der Waals surface area contributed by atoms with Crippen molar-refractivity contribution < 1.29 is 14.1 Å². The Bertz CT molecular complexity index is 570. The van der Waals surface area contributed by atoms with Gasteiger partial charge in [-0.05, 0) is 18.6 Å². The summed E-state index contributed by atoms with van der Waals surface area (Å²) in [5.74, 6) is -0.0545. The van der Waals surface area contributed by atoms with Gasteiger partial charge in [0.2, 0.25) is 5.91 Å². The molecule has 0 saturated heterocycles. The maximum absolute atomic E-state index is 11.9. The number of carbonyl (C=O) groups excluding carboxylic acids is 1. The lowest BCUT2D eigenvalue weighted by atomic mass is 10.1. The van der Waals surface area contributed by atoms with Crippen molar-refractivity contribution in [1.82, 2.24) is 10.5 Å². The van der Waals surface area contributed by atoms with E-state index in [0.29, 0.717) is 24.4 Å². The van der Waals surface area contributed by atoms with Gasteiger partial charge in [-0.25, -0.2) is 0 Å². The number of carbonyl (C=O) groups is 1. The van der Waals surface area contributed by atoms with Gasteiger partial charge in [-0.2, -0.15) is 0 Å². The zero-order chi connectivity index (χ0) is 14.4. The normalized spacial score (nSPS) is 12.5. The van der Waals surface area contributed by atoms with Crippen molar-refractivity contribution in [2.45, 2.75) is 17.7 Å². The van der Waals surface area contributed by atoms with Crippen molar-refractivity contribution in [2.75, 3.05) is 20.3 Å². The molecule has 1 N–H and O–H groups in total. The van der Waals surface area contributed by atoms with Gasteiger partial charge in [-0.1, -0.05) is 33.2 Å². The summed E-state index contributed by atoms with van der Waals surface area (Å²) in [6.45, 7) is 1.23. The van der Waals surface area contributed by atoms with Gasteiger partial charge >= 0.3 is 0 Å². The molecule has 2 aromatic rings. The number of halogens is 1. The molecule has 1 heterocycles. The summed E-state index contributed by atoms with van der Waals surface area (Å²) < 4.78 is 10.2. The highest BCUT2D eigenvalue weighted by Gasteiger charge is 2.12. The first-order chi connectivity index (χ1) is 9.70. The molecule has 0 aliphatic heterocycles. The lowest BCUT2D eigenvalue weighted by Crippen LogP contribution is -2.28. The summed E-state index contributed by atoms with van der Waals surface area (Å²) >= 11 is 3.48. The second-order valence-electron chi connectivity index (χ2n) is 4.49. The van der Waals surface area contributed by atoms with Crippen LogP contribution >= 0.6 is 15.9 Å². The molecule has 0 aliphatic rings. The van der Waals surface area contributed by atoms with E-state index in [-0.39, 0.29) is 17.2 Å². The Morgan fingerprint density at radius 1 is 1.50 bits per heavy atom. The van der Waals surface area contributed by atoms with Crippen molar-refractivity contribution in [3.8, 4) is 0 Å². The molecular weight excluding hydrogens is 324 g/mol. The van der Waals surface area contributed by atoms with Crippen molar-refractivity contribution in [3.05, 3.63) is 30.0 Å². The number of nitrogens with one attached hydrogen (secondary N) is 1. The topological polar surface area (TPSA) is 64.4 Å². The quantitative estimate of drug-likeness (QED) is 0.785. The monoisotopic (exact) mass is 340 g/mol. The van der Waals surface area contributed by atoms with Crippen LogP contribution in [-0.4, -0.2) is 36.2 Å². The SMILES string of the molecule is COCC(Br)CCNC(=O)Cc1noc2ccccc12. The van der Waals surface area contributed by atoms with E-state index >= 15 is 0 Å². The summed E-state index contributed by atoms with van der Waals surface area (Å²) in [5.41, 5.74) is 1.38. The molecule has 0 radical (unpaired) electrons. The van der Waals surface area contributed by atoms with E-state index < -0.39 is 0 Å². The molecule has 20 heavy (non-hydrogen) atoms. The summed E-state index contributed by atoms with van der Waals surface area (Å²) in [4.78, 5) is 12.1. The second-order valence-corrected chi connectivity index (χ2v) is 5.79. The van der Waals surface area contributed by atoms with Gasteiger partial charge in [0.05, 0.1) is 13.0 Å². The summed E-state index contributed by atoms with van der Waals surface area (Å²) in [6.07, 6.45) is 1.05. The predicted molar refractivity (Wildman–Crippen MR) is 79.9 cm³/mol. The van der Waals surface area contributed by atoms with Crippen LogP contribution in [-0.2, 0) is 16.0 Å². The van der Waals surface area contributed by atoms with Crippen LogP contribution in [0.5, 0.6) is 0 Å². The van der Waals surface area contributed by atoms with E-state index in [1.807, 2.05) is 24.3 Å². The van der Waals surface area contributed by atoms with Crippen LogP contribution in [0.4, 0.5) is 0 Å². The average molecular weight is 341 g/mol. The van der Waals surface area contributed by atoms with E-state index in [0.717, 1.165) is 11.8 Å². The molecule has 108 valence electrons. The fourth-order valence-electron chi connectivity index (χ4n) is 1.91. The molecule has 1 atom stereocenters. The van der Waals surface area contributed by atoms with Gasteiger partial charge in [0.25, 0.3) is 0 Å². The van der Waals surface area contributed by atoms with Crippen molar-refractivity contribution >= 4 is 32.8 Å². The molecule has 1 amide bonds. The number of amides is 1. The number of nitrogens with zero attached hydrogens (tertiary/aromatic N) is 1. The van der Waals surface area contributed by atoms with Crippen LogP contribution in [0.1, 0.15) is 12.1 Å². The molecule has 6 heteroatoms. The highest BCUT2D eigenvalue weighted by Crippen LogP contribution is 2.17. The van der Waals surface area contributed by atoms with Gasteiger partial charge in [-0.15, -0.1) is 0 Å². The van der Waals surface area contributed by atoms with E-state index in [9.17, 15) is 4.79 Å². The van der Waals surface area contributed by atoms with Crippen molar-refractivity contribution in [2.24, 2.45) is 0 Å². The fraction of sp³-hybridized carbons (Fsp3) is 0.429. The average Bonchev–Trinajstić information content (AvgIpc) is 2.83. The van der Waals surface area contributed by atoms with E-state index in [1.54, 1.807) is 7.11 Å². The molecule has 0 spiro atoms. The van der Waals surface area contributed by atoms with Gasteiger partial charge in [0.15, 0.2) is 5.58 Å². The number of fused-ring (bicyclic) bond motifs is 1. The largest absolute Gasteiger partial charge is 0.384 e. The molecule has 5 nitrogen and oxygen atoms in total. The Hall–Kier alpha value is -1.40. The predicted octanol–water partition coefficient (Wildman–Crippen LogP) is 2.29. The minimum atomic E-state index is -0.0545. The zero-order valence-electron chi connectivity index (χ0n) is 11.3. The minimum absolute atomic E-state index is 0.0545. The van der Waals surface area contributed by atoms with Crippen molar-refractivity contribution in [1.29, 1.82) is 0 Å². The summed E-state index contributed by atoms with van der Waals surface area (Å²) in [5, 5.41) is 7.70. The third kappa shape index (κ3) is 4.05. The van der Waals surface area contributed by atoms with Crippen LogP contribution in [0.2, 0.25) is 0 Å². The lowest BCUT2D eigenvalue weighted by molar-refractivity contribution is -0.120. The van der Waals surface area contributed by atoms with E-state index in [2.05, 4.69) is 26.4 Å².